The predicted molar refractivity (Wildman–Crippen MR) is 86.8 cm³/mol. The molecule has 1 aromatic carbocycles. The topological polar surface area (TPSA) is 49.4 Å². The zero-order valence-corrected chi connectivity index (χ0v) is 13.6. The fourth-order valence-electron chi connectivity index (χ4n) is 2.83. The average molecular weight is 310 g/mol. The van der Waals surface area contributed by atoms with E-state index in [-0.39, 0.29) is 11.8 Å². The highest BCUT2D eigenvalue weighted by atomic mass is 32.2. The SMILES string of the molecule is CCS(=O)(=O)NCC(Cc1ccccc1)N1CCCCC1. The van der Waals surface area contributed by atoms with Gasteiger partial charge in [0.15, 0.2) is 0 Å². The molecule has 1 heterocycles. The summed E-state index contributed by atoms with van der Waals surface area (Å²) in [6, 6.07) is 10.6. The summed E-state index contributed by atoms with van der Waals surface area (Å²) in [6.45, 7) is 4.33. The van der Waals surface area contributed by atoms with Crippen LogP contribution in [-0.4, -0.2) is 44.7 Å². The van der Waals surface area contributed by atoms with Crippen LogP contribution in [0.25, 0.3) is 0 Å². The number of nitrogens with zero attached hydrogens (tertiary/aromatic N) is 1. The van der Waals surface area contributed by atoms with Crippen LogP contribution in [0.1, 0.15) is 31.7 Å². The van der Waals surface area contributed by atoms with Crippen LogP contribution in [0.2, 0.25) is 0 Å². The van der Waals surface area contributed by atoms with Crippen LogP contribution >= 0.6 is 0 Å². The molecule has 0 aliphatic carbocycles. The fraction of sp³-hybridized carbons (Fsp3) is 0.625. The zero-order chi connectivity index (χ0) is 15.1. The van der Waals surface area contributed by atoms with Crippen molar-refractivity contribution in [1.82, 2.24) is 9.62 Å². The number of nitrogens with one attached hydrogen (secondary N) is 1. The van der Waals surface area contributed by atoms with Crippen LogP contribution in [0.5, 0.6) is 0 Å². The third-order valence-corrected chi connectivity index (χ3v) is 5.51. The molecule has 1 N–H and O–H groups in total. The van der Waals surface area contributed by atoms with E-state index in [9.17, 15) is 8.42 Å². The highest BCUT2D eigenvalue weighted by molar-refractivity contribution is 7.89. The summed E-state index contributed by atoms with van der Waals surface area (Å²) in [5.41, 5.74) is 1.27. The molecule has 0 saturated carbocycles. The van der Waals surface area contributed by atoms with E-state index < -0.39 is 10.0 Å². The summed E-state index contributed by atoms with van der Waals surface area (Å²) in [5, 5.41) is 0. The van der Waals surface area contributed by atoms with Gasteiger partial charge in [0.05, 0.1) is 5.75 Å². The maximum atomic E-state index is 11.7. The lowest BCUT2D eigenvalue weighted by Gasteiger charge is -2.34. The van der Waals surface area contributed by atoms with Crippen LogP contribution in [-0.2, 0) is 16.4 Å². The highest BCUT2D eigenvalue weighted by Crippen LogP contribution is 2.15. The van der Waals surface area contributed by atoms with Gasteiger partial charge in [-0.05, 0) is 44.8 Å². The Morgan fingerprint density at radius 1 is 1.14 bits per heavy atom. The Bertz CT molecular complexity index is 510. The van der Waals surface area contributed by atoms with Crippen molar-refractivity contribution in [2.45, 2.75) is 38.6 Å². The summed E-state index contributed by atoms with van der Waals surface area (Å²) in [5.74, 6) is 0.144. The molecule has 0 bridgehead atoms. The van der Waals surface area contributed by atoms with Crippen molar-refractivity contribution < 1.29 is 8.42 Å². The van der Waals surface area contributed by atoms with Crippen molar-refractivity contribution in [1.29, 1.82) is 0 Å². The van der Waals surface area contributed by atoms with E-state index in [0.717, 1.165) is 19.5 Å². The van der Waals surface area contributed by atoms with E-state index in [1.807, 2.05) is 18.2 Å². The smallest absolute Gasteiger partial charge is 0.211 e. The van der Waals surface area contributed by atoms with Crippen molar-refractivity contribution in [3.63, 3.8) is 0 Å². The average Bonchev–Trinajstić information content (AvgIpc) is 2.53. The van der Waals surface area contributed by atoms with E-state index in [1.165, 1.54) is 24.8 Å². The Hall–Kier alpha value is -0.910. The summed E-state index contributed by atoms with van der Waals surface area (Å²) < 4.78 is 26.2. The largest absolute Gasteiger partial charge is 0.299 e. The first-order chi connectivity index (χ1) is 10.1. The first kappa shape index (κ1) is 16.5. The van der Waals surface area contributed by atoms with E-state index >= 15 is 0 Å². The number of sulfonamides is 1. The molecule has 1 aromatic rings. The molecule has 0 amide bonds. The summed E-state index contributed by atoms with van der Waals surface area (Å²) in [6.07, 6.45) is 4.61. The summed E-state index contributed by atoms with van der Waals surface area (Å²) >= 11 is 0. The predicted octanol–water partition coefficient (Wildman–Crippen LogP) is 2.02. The molecule has 1 saturated heterocycles. The van der Waals surface area contributed by atoms with Gasteiger partial charge >= 0.3 is 0 Å². The van der Waals surface area contributed by atoms with Gasteiger partial charge in [-0.2, -0.15) is 0 Å². The van der Waals surface area contributed by atoms with Gasteiger partial charge in [0.25, 0.3) is 0 Å². The van der Waals surface area contributed by atoms with Crippen molar-refractivity contribution in [2.75, 3.05) is 25.4 Å². The van der Waals surface area contributed by atoms with Crippen molar-refractivity contribution >= 4 is 10.0 Å². The Kier molecular flexibility index (Phi) is 6.21. The molecule has 4 nitrogen and oxygen atoms in total. The number of hydrogen-bond acceptors (Lipinski definition) is 3. The van der Waals surface area contributed by atoms with Crippen LogP contribution in [0.15, 0.2) is 30.3 Å². The molecule has 21 heavy (non-hydrogen) atoms. The van der Waals surface area contributed by atoms with Gasteiger partial charge < -0.3 is 0 Å². The molecular weight excluding hydrogens is 284 g/mol. The van der Waals surface area contributed by atoms with Gasteiger partial charge in [-0.15, -0.1) is 0 Å². The number of likely N-dealkylation sites (tertiary alicyclic amines) is 1. The third-order valence-electron chi connectivity index (χ3n) is 4.14. The maximum absolute atomic E-state index is 11.7. The number of benzene rings is 1. The van der Waals surface area contributed by atoms with Crippen molar-refractivity contribution in [3.8, 4) is 0 Å². The maximum Gasteiger partial charge on any atom is 0.211 e. The van der Waals surface area contributed by atoms with E-state index in [1.54, 1.807) is 6.92 Å². The molecule has 1 atom stereocenters. The Morgan fingerprint density at radius 3 is 2.43 bits per heavy atom. The lowest BCUT2D eigenvalue weighted by molar-refractivity contribution is 0.163. The van der Waals surface area contributed by atoms with Gasteiger partial charge in [-0.3, -0.25) is 4.90 Å². The van der Waals surface area contributed by atoms with Crippen molar-refractivity contribution in [3.05, 3.63) is 35.9 Å². The van der Waals surface area contributed by atoms with Gasteiger partial charge in [0.1, 0.15) is 0 Å². The second-order valence-corrected chi connectivity index (χ2v) is 7.79. The molecule has 1 aliphatic rings. The summed E-state index contributed by atoms with van der Waals surface area (Å²) in [7, 11) is -3.12. The molecule has 1 fully saturated rings. The molecule has 118 valence electrons. The zero-order valence-electron chi connectivity index (χ0n) is 12.8. The van der Waals surface area contributed by atoms with E-state index in [0.29, 0.717) is 6.54 Å². The van der Waals surface area contributed by atoms with E-state index in [4.69, 9.17) is 0 Å². The normalized spacial score (nSPS) is 18.5. The number of hydrogen-bond donors (Lipinski definition) is 1. The Balaban J connectivity index is 2.02. The van der Waals surface area contributed by atoms with Gasteiger partial charge in [-0.1, -0.05) is 36.8 Å². The van der Waals surface area contributed by atoms with Crippen molar-refractivity contribution in [2.24, 2.45) is 0 Å². The monoisotopic (exact) mass is 310 g/mol. The first-order valence-corrected chi connectivity index (χ1v) is 9.51. The van der Waals surface area contributed by atoms with Gasteiger partial charge in [-0.25, -0.2) is 13.1 Å². The van der Waals surface area contributed by atoms with Crippen LogP contribution < -0.4 is 4.72 Å². The molecule has 1 unspecified atom stereocenters. The second kappa shape index (κ2) is 7.92. The molecule has 5 heteroatoms. The highest BCUT2D eigenvalue weighted by Gasteiger charge is 2.22. The number of rotatable bonds is 7. The molecule has 2 rings (SSSR count). The molecule has 1 aliphatic heterocycles. The standard InChI is InChI=1S/C16H26N2O2S/c1-2-21(19,20)17-14-16(18-11-7-4-8-12-18)13-15-9-5-3-6-10-15/h3,5-6,9-10,16-17H,2,4,7-8,11-14H2,1H3. The lowest BCUT2D eigenvalue weighted by atomic mass is 10.0. The van der Waals surface area contributed by atoms with E-state index in [2.05, 4.69) is 21.8 Å². The minimum atomic E-state index is -3.12. The minimum Gasteiger partial charge on any atom is -0.299 e. The molecule has 0 radical (unpaired) electrons. The van der Waals surface area contributed by atoms with Gasteiger partial charge in [0.2, 0.25) is 10.0 Å². The quantitative estimate of drug-likeness (QED) is 0.838. The molecule has 0 aromatic heterocycles. The van der Waals surface area contributed by atoms with Crippen LogP contribution in [0, 0.1) is 0 Å². The fourth-order valence-corrected chi connectivity index (χ4v) is 3.48. The van der Waals surface area contributed by atoms with Crippen LogP contribution in [0.3, 0.4) is 0 Å². The summed E-state index contributed by atoms with van der Waals surface area (Å²) in [4.78, 5) is 2.44. The van der Waals surface area contributed by atoms with Gasteiger partial charge in [0, 0.05) is 12.6 Å². The third kappa shape index (κ3) is 5.41. The Labute approximate surface area is 128 Å². The molecule has 0 spiro atoms. The number of piperidine rings is 1. The lowest BCUT2D eigenvalue weighted by Crippen LogP contribution is -2.47. The van der Waals surface area contributed by atoms with Crippen LogP contribution in [0.4, 0.5) is 0 Å². The molecular formula is C16H26N2O2S. The Morgan fingerprint density at radius 2 is 1.81 bits per heavy atom. The first-order valence-electron chi connectivity index (χ1n) is 7.86. The second-order valence-electron chi connectivity index (χ2n) is 5.69. The minimum absolute atomic E-state index is 0.144.